The van der Waals surface area contributed by atoms with Crippen LogP contribution in [0.3, 0.4) is 0 Å². The zero-order valence-corrected chi connectivity index (χ0v) is 11.4. The van der Waals surface area contributed by atoms with Crippen molar-refractivity contribution in [3.63, 3.8) is 0 Å². The maximum absolute atomic E-state index is 6.11. The van der Waals surface area contributed by atoms with Gasteiger partial charge in [-0.25, -0.2) is 0 Å². The Balaban J connectivity index is 1.87. The highest BCUT2D eigenvalue weighted by Crippen LogP contribution is 2.29. The summed E-state index contributed by atoms with van der Waals surface area (Å²) in [4.78, 5) is 4.35. The second-order valence-corrected chi connectivity index (χ2v) is 5.01. The van der Waals surface area contributed by atoms with E-state index < -0.39 is 0 Å². The third-order valence-corrected chi connectivity index (χ3v) is 3.38. The molecule has 1 unspecified atom stereocenters. The van der Waals surface area contributed by atoms with Gasteiger partial charge in [0.15, 0.2) is 5.82 Å². The first-order valence-corrected chi connectivity index (χ1v) is 6.60. The predicted molar refractivity (Wildman–Crippen MR) is 71.3 cm³/mol. The van der Waals surface area contributed by atoms with E-state index in [1.807, 2.05) is 0 Å². The van der Waals surface area contributed by atoms with E-state index in [1.165, 1.54) is 0 Å². The van der Waals surface area contributed by atoms with Gasteiger partial charge in [0.2, 0.25) is 0 Å². The normalized spacial score (nSPS) is 19.6. The summed E-state index contributed by atoms with van der Waals surface area (Å²) in [5.74, 6) is 0.949. The molecule has 0 amide bonds. The summed E-state index contributed by atoms with van der Waals surface area (Å²) in [5, 5.41) is 8.27. The highest BCUT2D eigenvalue weighted by atomic mass is 35.5. The van der Waals surface area contributed by atoms with Crippen molar-refractivity contribution in [1.29, 1.82) is 0 Å². The van der Waals surface area contributed by atoms with E-state index in [4.69, 9.17) is 32.5 Å². The molecule has 2 heterocycles. The van der Waals surface area contributed by atoms with Crippen molar-refractivity contribution in [3.05, 3.63) is 34.1 Å². The topological polar surface area (TPSA) is 60.2 Å². The number of ether oxygens (including phenoxy) is 1. The maximum Gasteiger partial charge on any atom is 0.259 e. The van der Waals surface area contributed by atoms with Crippen molar-refractivity contribution in [2.45, 2.75) is 6.04 Å². The minimum atomic E-state index is -0.0441. The van der Waals surface area contributed by atoms with Gasteiger partial charge in [0.1, 0.15) is 0 Å². The Hall–Kier alpha value is -1.14. The second kappa shape index (κ2) is 5.46. The van der Waals surface area contributed by atoms with Gasteiger partial charge < -0.3 is 14.6 Å². The third kappa shape index (κ3) is 2.74. The molecule has 0 spiro atoms. The number of halogens is 2. The van der Waals surface area contributed by atoms with Gasteiger partial charge >= 0.3 is 0 Å². The number of hydrogen-bond acceptors (Lipinski definition) is 5. The van der Waals surface area contributed by atoms with Crippen LogP contribution in [0, 0.1) is 0 Å². The summed E-state index contributed by atoms with van der Waals surface area (Å²) in [6.07, 6.45) is 0. The number of nitrogens with one attached hydrogen (secondary N) is 1. The van der Waals surface area contributed by atoms with Gasteiger partial charge in [-0.1, -0.05) is 28.4 Å². The lowest BCUT2D eigenvalue weighted by atomic mass is 10.2. The summed E-state index contributed by atoms with van der Waals surface area (Å²) >= 11 is 12.0. The van der Waals surface area contributed by atoms with Crippen LogP contribution in [-0.4, -0.2) is 29.9 Å². The Kier molecular flexibility index (Phi) is 3.70. The Morgan fingerprint density at radius 2 is 2.21 bits per heavy atom. The molecule has 0 saturated carbocycles. The largest absolute Gasteiger partial charge is 0.378 e. The van der Waals surface area contributed by atoms with Crippen molar-refractivity contribution < 1.29 is 9.26 Å². The van der Waals surface area contributed by atoms with Gasteiger partial charge in [0.25, 0.3) is 5.89 Å². The minimum Gasteiger partial charge on any atom is -0.378 e. The quantitative estimate of drug-likeness (QED) is 0.924. The molecule has 1 N–H and O–H groups in total. The lowest BCUT2D eigenvalue weighted by molar-refractivity contribution is 0.0734. The molecule has 1 aliphatic heterocycles. The van der Waals surface area contributed by atoms with Gasteiger partial charge in [-0.2, -0.15) is 4.98 Å². The van der Waals surface area contributed by atoms with Crippen molar-refractivity contribution >= 4 is 23.2 Å². The van der Waals surface area contributed by atoms with E-state index in [2.05, 4.69) is 15.5 Å². The fraction of sp³-hybridized carbons (Fsp3) is 0.333. The second-order valence-electron chi connectivity index (χ2n) is 4.16. The molecule has 2 aromatic rings. The van der Waals surface area contributed by atoms with Crippen LogP contribution in [0.2, 0.25) is 10.0 Å². The molecule has 3 rings (SSSR count). The predicted octanol–water partition coefficient (Wildman–Crippen LogP) is 2.70. The number of nitrogens with zero attached hydrogens (tertiary/aromatic N) is 2. The average molecular weight is 300 g/mol. The Morgan fingerprint density at radius 1 is 1.32 bits per heavy atom. The molecule has 0 aliphatic carbocycles. The van der Waals surface area contributed by atoms with Crippen LogP contribution in [-0.2, 0) is 4.74 Å². The van der Waals surface area contributed by atoms with Crippen LogP contribution in [0.5, 0.6) is 0 Å². The standard InChI is InChI=1S/C12H11Cl2N3O2/c13-7-1-2-8(9(14)5-7)12-16-11(17-19-12)10-6-18-4-3-15-10/h1-2,5,10,15H,3-4,6H2. The molecule has 1 aromatic heterocycles. The number of rotatable bonds is 2. The van der Waals surface area contributed by atoms with Crippen molar-refractivity contribution in [2.24, 2.45) is 0 Å². The molecule has 5 nitrogen and oxygen atoms in total. The first kappa shape index (κ1) is 12.9. The van der Waals surface area contributed by atoms with Crippen LogP contribution in [0.15, 0.2) is 22.7 Å². The molecular formula is C12H11Cl2N3O2. The molecule has 1 atom stereocenters. The molecule has 19 heavy (non-hydrogen) atoms. The smallest absolute Gasteiger partial charge is 0.259 e. The van der Waals surface area contributed by atoms with Crippen LogP contribution in [0.4, 0.5) is 0 Å². The van der Waals surface area contributed by atoms with Crippen LogP contribution in [0.1, 0.15) is 11.9 Å². The Morgan fingerprint density at radius 3 is 2.95 bits per heavy atom. The van der Waals surface area contributed by atoms with Gasteiger partial charge in [0, 0.05) is 11.6 Å². The van der Waals surface area contributed by atoms with E-state index in [1.54, 1.807) is 18.2 Å². The van der Waals surface area contributed by atoms with Gasteiger partial charge in [-0.15, -0.1) is 0 Å². The summed E-state index contributed by atoms with van der Waals surface area (Å²) < 4.78 is 10.6. The molecule has 1 aromatic carbocycles. The monoisotopic (exact) mass is 299 g/mol. The number of hydrogen-bond donors (Lipinski definition) is 1. The minimum absolute atomic E-state index is 0.0441. The third-order valence-electron chi connectivity index (χ3n) is 2.84. The Labute approximate surface area is 119 Å². The molecule has 0 bridgehead atoms. The zero-order valence-electron chi connectivity index (χ0n) is 9.90. The molecule has 0 radical (unpaired) electrons. The SMILES string of the molecule is Clc1ccc(-c2nc(C3COCCN3)no2)c(Cl)c1. The molecule has 1 fully saturated rings. The fourth-order valence-corrected chi connectivity index (χ4v) is 2.37. The highest BCUT2D eigenvalue weighted by molar-refractivity contribution is 6.36. The maximum atomic E-state index is 6.11. The van der Waals surface area contributed by atoms with Crippen LogP contribution >= 0.6 is 23.2 Å². The van der Waals surface area contributed by atoms with Crippen LogP contribution in [0.25, 0.3) is 11.5 Å². The zero-order chi connectivity index (χ0) is 13.2. The van der Waals surface area contributed by atoms with Gasteiger partial charge in [-0.05, 0) is 18.2 Å². The first-order valence-electron chi connectivity index (χ1n) is 5.84. The van der Waals surface area contributed by atoms with Crippen molar-refractivity contribution in [1.82, 2.24) is 15.5 Å². The van der Waals surface area contributed by atoms with Gasteiger partial charge in [-0.3, -0.25) is 0 Å². The molecule has 1 aliphatic rings. The lowest BCUT2D eigenvalue weighted by Crippen LogP contribution is -2.35. The summed E-state index contributed by atoms with van der Waals surface area (Å²) in [6.45, 7) is 2.01. The van der Waals surface area contributed by atoms with E-state index in [-0.39, 0.29) is 6.04 Å². The number of benzene rings is 1. The Bertz CT molecular complexity index is 582. The van der Waals surface area contributed by atoms with Crippen LogP contribution < -0.4 is 5.32 Å². The molecule has 7 heteroatoms. The lowest BCUT2D eigenvalue weighted by Gasteiger charge is -2.20. The number of aromatic nitrogens is 2. The molecule has 100 valence electrons. The van der Waals surface area contributed by atoms with E-state index >= 15 is 0 Å². The summed E-state index contributed by atoms with van der Waals surface area (Å²) in [6, 6.07) is 5.09. The first-order chi connectivity index (χ1) is 9.24. The van der Waals surface area contributed by atoms with Crippen molar-refractivity contribution in [2.75, 3.05) is 19.8 Å². The highest BCUT2D eigenvalue weighted by Gasteiger charge is 2.22. The average Bonchev–Trinajstić information content (AvgIpc) is 2.89. The summed E-state index contributed by atoms with van der Waals surface area (Å²) in [7, 11) is 0. The summed E-state index contributed by atoms with van der Waals surface area (Å²) in [5.41, 5.74) is 0.668. The van der Waals surface area contributed by atoms with Gasteiger partial charge in [0.05, 0.1) is 29.8 Å². The van der Waals surface area contributed by atoms with E-state index in [0.717, 1.165) is 6.54 Å². The van der Waals surface area contributed by atoms with E-state index in [9.17, 15) is 0 Å². The van der Waals surface area contributed by atoms with E-state index in [0.29, 0.717) is 40.5 Å². The molecule has 1 saturated heterocycles. The number of morpholine rings is 1. The van der Waals surface area contributed by atoms with Crippen molar-refractivity contribution in [3.8, 4) is 11.5 Å². The molecular weight excluding hydrogens is 289 g/mol. The fourth-order valence-electron chi connectivity index (χ4n) is 1.88.